The Morgan fingerprint density at radius 3 is 2.68 bits per heavy atom. The van der Waals surface area contributed by atoms with Crippen molar-refractivity contribution in [2.45, 2.75) is 12.7 Å². The average molecular weight is 283 g/mol. The highest BCUT2D eigenvalue weighted by Gasteiger charge is 2.21. The van der Waals surface area contributed by atoms with E-state index < -0.39 is 22.1 Å². The van der Waals surface area contributed by atoms with E-state index in [2.05, 4.69) is 4.72 Å². The molecule has 0 fully saturated rings. The second-order valence-corrected chi connectivity index (χ2v) is 5.91. The van der Waals surface area contributed by atoms with Gasteiger partial charge in [-0.1, -0.05) is 6.07 Å². The fourth-order valence-corrected chi connectivity index (χ4v) is 2.37. The molecule has 0 spiro atoms. The zero-order valence-electron chi connectivity index (χ0n) is 10.2. The first-order valence-electron chi connectivity index (χ1n) is 5.49. The summed E-state index contributed by atoms with van der Waals surface area (Å²) < 4.78 is 29.7. The molecule has 2 rings (SSSR count). The van der Waals surface area contributed by atoms with Gasteiger partial charge in [0.05, 0.1) is 12.9 Å². The Labute approximate surface area is 110 Å². The average Bonchev–Trinajstić information content (AvgIpc) is 2.73. The summed E-state index contributed by atoms with van der Waals surface area (Å²) in [4.78, 5) is 11.1. The normalized spacial score (nSPS) is 18.4. The first kappa shape index (κ1) is 13.6. The van der Waals surface area contributed by atoms with E-state index in [1.165, 1.54) is 12.1 Å². The van der Waals surface area contributed by atoms with E-state index >= 15 is 0 Å². The number of ether oxygens (including phenoxy) is 1. The lowest BCUT2D eigenvalue weighted by molar-refractivity contribution is -0.138. The van der Waals surface area contributed by atoms with Crippen molar-refractivity contribution in [3.8, 4) is 0 Å². The molecule has 0 aliphatic carbocycles. The molecule has 0 aromatic heterocycles. The van der Waals surface area contributed by atoms with Gasteiger partial charge in [0.25, 0.3) is 0 Å². The Morgan fingerprint density at radius 2 is 2.16 bits per heavy atom. The third-order valence-corrected chi connectivity index (χ3v) is 3.18. The third-order valence-electron chi connectivity index (χ3n) is 2.58. The van der Waals surface area contributed by atoms with Gasteiger partial charge in [-0.3, -0.25) is 4.72 Å². The first-order valence-corrected chi connectivity index (χ1v) is 7.38. The molecule has 6 nitrogen and oxygen atoms in total. The van der Waals surface area contributed by atoms with Crippen molar-refractivity contribution in [2.75, 3.05) is 11.0 Å². The molecule has 102 valence electrons. The van der Waals surface area contributed by atoms with Gasteiger partial charge in [0.15, 0.2) is 0 Å². The molecule has 0 radical (unpaired) electrons. The van der Waals surface area contributed by atoms with Crippen LogP contribution < -0.4 is 4.72 Å². The van der Waals surface area contributed by atoms with Crippen LogP contribution in [-0.2, 0) is 26.2 Å². The molecule has 19 heavy (non-hydrogen) atoms. The fourth-order valence-electron chi connectivity index (χ4n) is 1.82. The van der Waals surface area contributed by atoms with Crippen molar-refractivity contribution < 1.29 is 23.1 Å². The summed E-state index contributed by atoms with van der Waals surface area (Å²) in [5.74, 6) is -0.463. The Hall–Kier alpha value is -1.86. The van der Waals surface area contributed by atoms with E-state index in [0.717, 1.165) is 6.26 Å². The second-order valence-electron chi connectivity index (χ2n) is 4.16. The van der Waals surface area contributed by atoms with Crippen molar-refractivity contribution >= 4 is 21.7 Å². The number of rotatable bonds is 4. The smallest absolute Gasteiger partial charge is 0.331 e. The van der Waals surface area contributed by atoms with E-state index in [1.807, 2.05) is 0 Å². The number of hydrogen-bond donors (Lipinski definition) is 2. The van der Waals surface area contributed by atoms with Gasteiger partial charge >= 0.3 is 5.97 Å². The quantitative estimate of drug-likeness (QED) is 0.794. The monoisotopic (exact) mass is 283 g/mol. The van der Waals surface area contributed by atoms with Crippen molar-refractivity contribution in [1.82, 2.24) is 0 Å². The molecule has 1 aromatic rings. The highest BCUT2D eigenvalue weighted by atomic mass is 32.2. The molecule has 0 saturated carbocycles. The van der Waals surface area contributed by atoms with Crippen LogP contribution in [0.4, 0.5) is 5.69 Å². The van der Waals surface area contributed by atoms with Crippen molar-refractivity contribution in [3.63, 3.8) is 0 Å². The zero-order chi connectivity index (χ0) is 14.0. The molecule has 0 saturated heterocycles. The van der Waals surface area contributed by atoms with E-state index in [9.17, 15) is 18.3 Å². The molecule has 1 heterocycles. The van der Waals surface area contributed by atoms with E-state index in [1.54, 1.807) is 18.2 Å². The van der Waals surface area contributed by atoms with Crippen LogP contribution in [-0.4, -0.2) is 25.7 Å². The molecule has 1 aromatic carbocycles. The van der Waals surface area contributed by atoms with Gasteiger partial charge in [0, 0.05) is 17.3 Å². The van der Waals surface area contributed by atoms with Gasteiger partial charge in [-0.05, 0) is 23.8 Å². The Morgan fingerprint density at radius 1 is 1.42 bits per heavy atom. The van der Waals surface area contributed by atoms with Gasteiger partial charge in [-0.15, -0.1) is 0 Å². The summed E-state index contributed by atoms with van der Waals surface area (Å²) in [7, 11) is -3.39. The van der Waals surface area contributed by atoms with Gasteiger partial charge in [-0.25, -0.2) is 13.2 Å². The van der Waals surface area contributed by atoms with Crippen LogP contribution in [0.5, 0.6) is 0 Å². The van der Waals surface area contributed by atoms with Crippen molar-refractivity contribution in [3.05, 3.63) is 41.5 Å². The topological polar surface area (TPSA) is 92.7 Å². The highest BCUT2D eigenvalue weighted by Crippen LogP contribution is 2.29. The lowest BCUT2D eigenvalue weighted by Gasteiger charge is -2.15. The fraction of sp³-hybridized carbons (Fsp3) is 0.250. The summed E-state index contributed by atoms with van der Waals surface area (Å²) in [6, 6.07) is 4.67. The van der Waals surface area contributed by atoms with E-state index in [0.29, 0.717) is 16.8 Å². The van der Waals surface area contributed by atoms with Crippen molar-refractivity contribution in [1.29, 1.82) is 0 Å². The zero-order valence-corrected chi connectivity index (χ0v) is 11.0. The summed E-state index contributed by atoms with van der Waals surface area (Å²) in [5.41, 5.74) is 1.48. The molecule has 1 unspecified atom stereocenters. The maximum atomic E-state index is 11.2. The summed E-state index contributed by atoms with van der Waals surface area (Å²) in [6.45, 7) is -0.226. The molecule has 7 heteroatoms. The lowest BCUT2D eigenvalue weighted by Crippen LogP contribution is -2.11. The number of aliphatic hydroxyl groups is 1. The van der Waals surface area contributed by atoms with Gasteiger partial charge < -0.3 is 9.84 Å². The maximum Gasteiger partial charge on any atom is 0.331 e. The molecule has 1 aliphatic rings. The Kier molecular flexibility index (Phi) is 3.59. The molecule has 1 atom stereocenters. The Bertz CT molecular complexity index is 636. The summed E-state index contributed by atoms with van der Waals surface area (Å²) in [6.07, 6.45) is 3.29. The minimum atomic E-state index is -3.39. The predicted octanol–water partition coefficient (Wildman–Crippen LogP) is 0.704. The van der Waals surface area contributed by atoms with Crippen LogP contribution >= 0.6 is 0 Å². The number of sulfonamides is 1. The van der Waals surface area contributed by atoms with E-state index in [4.69, 9.17) is 4.74 Å². The molecule has 1 aliphatic heterocycles. The van der Waals surface area contributed by atoms with Crippen LogP contribution in [0.2, 0.25) is 0 Å². The molecule has 0 amide bonds. The Balaban J connectivity index is 2.37. The standard InChI is InChI=1S/C12H13NO5S/c1-19(16,17)13-9-3-2-8(7-14)10(6-9)11-4-5-12(15)18-11/h2-6,11,13-14H,7H2,1H3. The minimum absolute atomic E-state index is 0.226. The largest absolute Gasteiger partial charge is 0.450 e. The number of esters is 1. The van der Waals surface area contributed by atoms with Gasteiger partial charge in [0.1, 0.15) is 6.10 Å². The summed E-state index contributed by atoms with van der Waals surface area (Å²) in [5, 5.41) is 9.26. The summed E-state index contributed by atoms with van der Waals surface area (Å²) >= 11 is 0. The van der Waals surface area contributed by atoms with Gasteiger partial charge in [-0.2, -0.15) is 0 Å². The van der Waals surface area contributed by atoms with Crippen LogP contribution in [0.1, 0.15) is 17.2 Å². The number of benzene rings is 1. The number of nitrogens with one attached hydrogen (secondary N) is 1. The molecular weight excluding hydrogens is 270 g/mol. The third kappa shape index (κ3) is 3.33. The van der Waals surface area contributed by atoms with Gasteiger partial charge in [0.2, 0.25) is 10.0 Å². The SMILES string of the molecule is CS(=O)(=O)Nc1ccc(CO)c(C2C=CC(=O)O2)c1. The minimum Gasteiger partial charge on any atom is -0.450 e. The van der Waals surface area contributed by atoms with Crippen LogP contribution in [0.3, 0.4) is 0 Å². The number of carbonyl (C=O) groups is 1. The number of carbonyl (C=O) groups excluding carboxylic acids is 1. The predicted molar refractivity (Wildman–Crippen MR) is 68.8 cm³/mol. The number of aliphatic hydroxyl groups excluding tert-OH is 1. The first-order chi connectivity index (χ1) is 8.89. The molecule has 0 bridgehead atoms. The number of cyclic esters (lactones) is 1. The molecular formula is C12H13NO5S. The van der Waals surface area contributed by atoms with Crippen LogP contribution in [0.25, 0.3) is 0 Å². The van der Waals surface area contributed by atoms with Crippen LogP contribution in [0.15, 0.2) is 30.4 Å². The lowest BCUT2D eigenvalue weighted by atomic mass is 10.0. The van der Waals surface area contributed by atoms with E-state index in [-0.39, 0.29) is 6.61 Å². The maximum absolute atomic E-state index is 11.2. The highest BCUT2D eigenvalue weighted by molar-refractivity contribution is 7.92. The number of hydrogen-bond acceptors (Lipinski definition) is 5. The number of anilines is 1. The van der Waals surface area contributed by atoms with Crippen molar-refractivity contribution in [2.24, 2.45) is 0 Å². The molecule has 2 N–H and O–H groups in total. The van der Waals surface area contributed by atoms with Crippen LogP contribution in [0, 0.1) is 0 Å². The second kappa shape index (κ2) is 5.02.